The normalized spacial score (nSPS) is 12.7. The molecule has 3 rings (SSSR count). The van der Waals surface area contributed by atoms with Crippen LogP contribution in [0.15, 0.2) is 42.7 Å². The predicted octanol–water partition coefficient (Wildman–Crippen LogP) is 2.59. The Labute approximate surface area is 115 Å². The van der Waals surface area contributed by atoms with E-state index in [-0.39, 0.29) is 6.04 Å². The van der Waals surface area contributed by atoms with Gasteiger partial charge < -0.3 is 5.32 Å². The van der Waals surface area contributed by atoms with Gasteiger partial charge in [0.1, 0.15) is 0 Å². The highest BCUT2D eigenvalue weighted by Gasteiger charge is 2.14. The number of hydrogen-bond donors (Lipinski definition) is 1. The van der Waals surface area contributed by atoms with Gasteiger partial charge in [0.15, 0.2) is 0 Å². The van der Waals surface area contributed by atoms with E-state index < -0.39 is 0 Å². The maximum atomic E-state index is 4.39. The van der Waals surface area contributed by atoms with Gasteiger partial charge in [0.05, 0.1) is 35.2 Å². The van der Waals surface area contributed by atoms with Crippen molar-refractivity contribution in [2.24, 2.45) is 0 Å². The van der Waals surface area contributed by atoms with Gasteiger partial charge in [-0.05, 0) is 31.2 Å². The predicted molar refractivity (Wildman–Crippen MR) is 77.2 cm³/mol. The Kier molecular flexibility index (Phi) is 3.48. The van der Waals surface area contributed by atoms with Crippen molar-refractivity contribution in [3.63, 3.8) is 0 Å². The van der Waals surface area contributed by atoms with E-state index in [9.17, 15) is 0 Å². The summed E-state index contributed by atoms with van der Waals surface area (Å²) in [5.41, 5.74) is 3.30. The zero-order valence-electron chi connectivity index (χ0n) is 10.6. The molecule has 0 fully saturated rings. The second-order valence-corrected chi connectivity index (χ2v) is 4.92. The molecule has 0 saturated heterocycles. The second kappa shape index (κ2) is 5.42. The van der Waals surface area contributed by atoms with Gasteiger partial charge in [0.25, 0.3) is 0 Å². The van der Waals surface area contributed by atoms with E-state index in [1.165, 1.54) is 22.7 Å². The van der Waals surface area contributed by atoms with E-state index in [1.54, 1.807) is 0 Å². The fraction of sp³-hybridized carbons (Fsp3) is 0.214. The first-order valence-electron chi connectivity index (χ1n) is 6.16. The maximum Gasteiger partial charge on any atom is 0.0915 e. The Hall–Kier alpha value is -1.85. The molecule has 96 valence electrons. The number of hydrogen-bond acceptors (Lipinski definition) is 5. The Balaban J connectivity index is 1.96. The topological polar surface area (TPSA) is 50.7 Å². The summed E-state index contributed by atoms with van der Waals surface area (Å²) in [5, 5.41) is 4.50. The molecule has 3 aromatic rings. The standard InChI is InChI=1S/C14H14N4S/c1-15-13(14-9-17-19-18-14)8-10-6-7-16-12-5-3-2-4-11(10)12/h2-7,9,13,15H,8H2,1H3. The lowest BCUT2D eigenvalue weighted by molar-refractivity contribution is 0.582. The van der Waals surface area contributed by atoms with Crippen molar-refractivity contribution < 1.29 is 0 Å². The lowest BCUT2D eigenvalue weighted by atomic mass is 10.0. The molecular weight excluding hydrogens is 256 g/mol. The van der Waals surface area contributed by atoms with Crippen LogP contribution < -0.4 is 5.32 Å². The van der Waals surface area contributed by atoms with E-state index in [2.05, 4.69) is 31.2 Å². The van der Waals surface area contributed by atoms with Gasteiger partial charge in [-0.15, -0.1) is 0 Å². The molecule has 0 saturated carbocycles. The number of aromatic nitrogens is 3. The third-order valence-corrected chi connectivity index (χ3v) is 3.74. The van der Waals surface area contributed by atoms with Crippen LogP contribution in [0.4, 0.5) is 0 Å². The molecule has 0 bridgehead atoms. The summed E-state index contributed by atoms with van der Waals surface area (Å²) in [4.78, 5) is 4.39. The van der Waals surface area contributed by atoms with Gasteiger partial charge in [0, 0.05) is 11.6 Å². The van der Waals surface area contributed by atoms with Crippen LogP contribution in [-0.4, -0.2) is 20.8 Å². The molecule has 1 atom stereocenters. The number of benzene rings is 1. The Morgan fingerprint density at radius 3 is 2.95 bits per heavy atom. The SMILES string of the molecule is CNC(Cc1ccnc2ccccc12)c1cnsn1. The van der Waals surface area contributed by atoms with Gasteiger partial charge in [-0.25, -0.2) is 0 Å². The maximum absolute atomic E-state index is 4.39. The Morgan fingerprint density at radius 2 is 2.16 bits per heavy atom. The number of fused-ring (bicyclic) bond motifs is 1. The third-order valence-electron chi connectivity index (χ3n) is 3.25. The van der Waals surface area contributed by atoms with Crippen molar-refractivity contribution in [3.05, 3.63) is 54.0 Å². The van der Waals surface area contributed by atoms with Gasteiger partial charge >= 0.3 is 0 Å². The van der Waals surface area contributed by atoms with Crippen LogP contribution in [0.3, 0.4) is 0 Å². The summed E-state index contributed by atoms with van der Waals surface area (Å²) in [5.74, 6) is 0. The van der Waals surface area contributed by atoms with Crippen molar-refractivity contribution in [1.82, 2.24) is 19.0 Å². The van der Waals surface area contributed by atoms with Crippen LogP contribution >= 0.6 is 11.7 Å². The van der Waals surface area contributed by atoms with E-state index in [1.807, 2.05) is 37.6 Å². The number of pyridine rings is 1. The van der Waals surface area contributed by atoms with Gasteiger partial charge in [-0.3, -0.25) is 4.98 Å². The summed E-state index contributed by atoms with van der Waals surface area (Å²) >= 11 is 1.25. The van der Waals surface area contributed by atoms with E-state index in [4.69, 9.17) is 0 Å². The molecule has 1 N–H and O–H groups in total. The van der Waals surface area contributed by atoms with E-state index in [0.717, 1.165) is 17.6 Å². The fourth-order valence-corrected chi connectivity index (χ4v) is 2.70. The summed E-state index contributed by atoms with van der Waals surface area (Å²) in [6.45, 7) is 0. The smallest absolute Gasteiger partial charge is 0.0915 e. The van der Waals surface area contributed by atoms with Gasteiger partial charge in [0.2, 0.25) is 0 Å². The third kappa shape index (κ3) is 2.47. The molecular formula is C14H14N4S. The minimum Gasteiger partial charge on any atom is -0.311 e. The number of rotatable bonds is 4. The van der Waals surface area contributed by atoms with Crippen molar-refractivity contribution >= 4 is 22.6 Å². The first kappa shape index (κ1) is 12.2. The highest BCUT2D eigenvalue weighted by atomic mass is 32.1. The van der Waals surface area contributed by atoms with Crippen molar-refractivity contribution in [3.8, 4) is 0 Å². The molecule has 0 spiro atoms. The Bertz CT molecular complexity index is 661. The minimum absolute atomic E-state index is 0.185. The molecule has 0 aliphatic rings. The zero-order valence-corrected chi connectivity index (χ0v) is 11.4. The molecule has 0 radical (unpaired) electrons. The molecule has 2 heterocycles. The molecule has 4 nitrogen and oxygen atoms in total. The highest BCUT2D eigenvalue weighted by Crippen LogP contribution is 2.22. The second-order valence-electron chi connectivity index (χ2n) is 4.36. The zero-order chi connectivity index (χ0) is 13.1. The summed E-state index contributed by atoms with van der Waals surface area (Å²) < 4.78 is 8.39. The van der Waals surface area contributed by atoms with Crippen LogP contribution in [0, 0.1) is 0 Å². The molecule has 0 amide bonds. The van der Waals surface area contributed by atoms with Crippen LogP contribution in [0.5, 0.6) is 0 Å². The monoisotopic (exact) mass is 270 g/mol. The average molecular weight is 270 g/mol. The van der Waals surface area contributed by atoms with Gasteiger partial charge in [-0.1, -0.05) is 18.2 Å². The highest BCUT2D eigenvalue weighted by molar-refractivity contribution is 6.99. The van der Waals surface area contributed by atoms with E-state index >= 15 is 0 Å². The number of nitrogens with one attached hydrogen (secondary N) is 1. The van der Waals surface area contributed by atoms with Crippen LogP contribution in [0.25, 0.3) is 10.9 Å². The summed E-state index contributed by atoms with van der Waals surface area (Å²) in [7, 11) is 1.95. The van der Waals surface area contributed by atoms with Crippen LogP contribution in [0.1, 0.15) is 17.3 Å². The lowest BCUT2D eigenvalue weighted by Gasteiger charge is -2.14. The molecule has 1 aromatic carbocycles. The molecule has 1 unspecified atom stereocenters. The summed E-state index contributed by atoms with van der Waals surface area (Å²) in [6, 6.07) is 10.5. The first-order valence-corrected chi connectivity index (χ1v) is 6.89. The first-order chi connectivity index (χ1) is 9.38. The quantitative estimate of drug-likeness (QED) is 0.791. The molecule has 0 aliphatic carbocycles. The fourth-order valence-electron chi connectivity index (χ4n) is 2.23. The van der Waals surface area contributed by atoms with Gasteiger partial charge in [-0.2, -0.15) is 8.75 Å². The minimum atomic E-state index is 0.185. The average Bonchev–Trinajstić information content (AvgIpc) is 2.99. The van der Waals surface area contributed by atoms with E-state index in [0.29, 0.717) is 0 Å². The largest absolute Gasteiger partial charge is 0.311 e. The van der Waals surface area contributed by atoms with Crippen molar-refractivity contribution in [2.75, 3.05) is 7.05 Å². The number of nitrogens with zero attached hydrogens (tertiary/aromatic N) is 3. The lowest BCUT2D eigenvalue weighted by Crippen LogP contribution is -2.19. The number of likely N-dealkylation sites (N-methyl/N-ethyl adjacent to an activating group) is 1. The molecule has 5 heteroatoms. The van der Waals surface area contributed by atoms with Crippen LogP contribution in [-0.2, 0) is 6.42 Å². The van der Waals surface area contributed by atoms with Crippen molar-refractivity contribution in [2.45, 2.75) is 12.5 Å². The molecule has 2 aromatic heterocycles. The van der Waals surface area contributed by atoms with Crippen LogP contribution in [0.2, 0.25) is 0 Å². The number of para-hydroxylation sites is 1. The molecule has 0 aliphatic heterocycles. The molecule has 19 heavy (non-hydrogen) atoms. The van der Waals surface area contributed by atoms with Crippen molar-refractivity contribution in [1.29, 1.82) is 0 Å². The Morgan fingerprint density at radius 1 is 1.26 bits per heavy atom. The summed E-state index contributed by atoms with van der Waals surface area (Å²) in [6.07, 6.45) is 4.57.